The molecule has 0 aliphatic carbocycles. The monoisotopic (exact) mass is 438 g/mol. The van der Waals surface area contributed by atoms with E-state index in [-0.39, 0.29) is 18.1 Å². The van der Waals surface area contributed by atoms with Crippen molar-refractivity contribution in [2.24, 2.45) is 5.10 Å². The number of nitrogens with zero attached hydrogens (tertiary/aromatic N) is 1. The quantitative estimate of drug-likeness (QED) is 0.428. The minimum Gasteiger partial charge on any atom is -0.504 e. The van der Waals surface area contributed by atoms with Crippen LogP contribution in [0.3, 0.4) is 0 Å². The van der Waals surface area contributed by atoms with Crippen molar-refractivity contribution in [2.45, 2.75) is 20.3 Å². The lowest BCUT2D eigenvalue weighted by molar-refractivity contribution is -0.120. The number of phenols is 1. The zero-order chi connectivity index (χ0) is 17.7. The first-order valence-electron chi connectivity index (χ1n) is 7.35. The highest BCUT2D eigenvalue weighted by Crippen LogP contribution is 2.31. The molecule has 0 saturated carbocycles. The van der Waals surface area contributed by atoms with Crippen LogP contribution in [0.5, 0.6) is 11.5 Å². The molecule has 0 aromatic heterocycles. The first-order chi connectivity index (χ1) is 11.4. The Bertz CT molecular complexity index is 788. The number of aryl methyl sites for hydroxylation is 2. The molecule has 0 spiro atoms. The highest BCUT2D eigenvalue weighted by Gasteiger charge is 2.08. The molecule has 2 aromatic rings. The van der Waals surface area contributed by atoms with Crippen LogP contribution in [0.25, 0.3) is 0 Å². The van der Waals surface area contributed by atoms with E-state index < -0.39 is 0 Å². The van der Waals surface area contributed by atoms with Crippen molar-refractivity contribution in [2.75, 3.05) is 7.11 Å². The van der Waals surface area contributed by atoms with Crippen LogP contribution in [-0.2, 0) is 11.2 Å². The first-order valence-corrected chi connectivity index (χ1v) is 8.43. The van der Waals surface area contributed by atoms with Crippen molar-refractivity contribution in [3.05, 3.63) is 56.2 Å². The Morgan fingerprint density at radius 3 is 2.75 bits per heavy atom. The first kappa shape index (κ1) is 18.3. The fraction of sp³-hybridized carbons (Fsp3) is 0.222. The molecule has 2 rings (SSSR count). The maximum atomic E-state index is 12.0. The average molecular weight is 438 g/mol. The molecule has 1 amide bonds. The van der Waals surface area contributed by atoms with Crippen molar-refractivity contribution in [1.29, 1.82) is 0 Å². The van der Waals surface area contributed by atoms with Gasteiger partial charge in [0.2, 0.25) is 5.91 Å². The number of carbonyl (C=O) groups excluding carboxylic acids is 1. The van der Waals surface area contributed by atoms with Gasteiger partial charge in [0.25, 0.3) is 0 Å². The van der Waals surface area contributed by atoms with Gasteiger partial charge in [0.05, 0.1) is 23.3 Å². The van der Waals surface area contributed by atoms with E-state index in [0.717, 1.165) is 16.7 Å². The van der Waals surface area contributed by atoms with Crippen LogP contribution in [0, 0.1) is 17.4 Å². The number of hydrazone groups is 1. The predicted octanol–water partition coefficient (Wildman–Crippen LogP) is 3.32. The number of hydrogen-bond acceptors (Lipinski definition) is 4. The van der Waals surface area contributed by atoms with Gasteiger partial charge in [-0.05, 0) is 65.3 Å². The predicted molar refractivity (Wildman–Crippen MR) is 103 cm³/mol. The molecule has 126 valence electrons. The Hall–Kier alpha value is -2.09. The third kappa shape index (κ3) is 4.70. The van der Waals surface area contributed by atoms with Crippen LogP contribution in [-0.4, -0.2) is 24.3 Å². The lowest BCUT2D eigenvalue weighted by atomic mass is 10.0. The van der Waals surface area contributed by atoms with Gasteiger partial charge < -0.3 is 9.84 Å². The van der Waals surface area contributed by atoms with Crippen molar-refractivity contribution < 1.29 is 14.6 Å². The second kappa shape index (κ2) is 8.14. The van der Waals surface area contributed by atoms with Gasteiger partial charge in [0.1, 0.15) is 0 Å². The summed E-state index contributed by atoms with van der Waals surface area (Å²) in [6, 6.07) is 9.40. The molecule has 2 N–H and O–H groups in total. The molecule has 0 aliphatic rings. The Balaban J connectivity index is 2.01. The summed E-state index contributed by atoms with van der Waals surface area (Å²) in [7, 11) is 1.48. The molecule has 0 radical (unpaired) electrons. The van der Waals surface area contributed by atoms with Crippen LogP contribution in [0.15, 0.2) is 35.4 Å². The standard InChI is InChI=1S/C18H19IN2O3/c1-11-4-5-14(12(2)6-11)9-17(22)21-20-10-13-7-15(19)18(23)16(8-13)24-3/h4-8,10,23H,9H2,1-3H3,(H,21,22)/b20-10-. The molecule has 0 aliphatic heterocycles. The molecular formula is C18H19IN2O3. The summed E-state index contributed by atoms with van der Waals surface area (Å²) in [5.74, 6) is 0.276. The van der Waals surface area contributed by atoms with E-state index in [1.807, 2.05) is 48.6 Å². The van der Waals surface area contributed by atoms with Crippen LogP contribution >= 0.6 is 22.6 Å². The number of aromatic hydroxyl groups is 1. The third-order valence-corrected chi connectivity index (χ3v) is 4.34. The topological polar surface area (TPSA) is 70.9 Å². The SMILES string of the molecule is COc1cc(/C=N\NC(=O)Cc2ccc(C)cc2C)cc(I)c1O. The van der Waals surface area contributed by atoms with Crippen LogP contribution in [0.1, 0.15) is 22.3 Å². The fourth-order valence-corrected chi connectivity index (χ4v) is 2.88. The van der Waals surface area contributed by atoms with E-state index in [9.17, 15) is 9.90 Å². The van der Waals surface area contributed by atoms with E-state index in [4.69, 9.17) is 4.74 Å². The highest BCUT2D eigenvalue weighted by molar-refractivity contribution is 14.1. The second-order valence-corrected chi connectivity index (χ2v) is 6.62. The number of phenolic OH excluding ortho intramolecular Hbond substituents is 1. The van der Waals surface area contributed by atoms with Crippen molar-refractivity contribution in [3.8, 4) is 11.5 Å². The van der Waals surface area contributed by atoms with Gasteiger partial charge in [-0.25, -0.2) is 5.43 Å². The molecule has 0 bridgehead atoms. The molecule has 0 fully saturated rings. The van der Waals surface area contributed by atoms with Crippen molar-refractivity contribution in [3.63, 3.8) is 0 Å². The Labute approximate surface area is 154 Å². The lowest BCUT2D eigenvalue weighted by Gasteiger charge is -2.07. The minimum absolute atomic E-state index is 0.0918. The van der Waals surface area contributed by atoms with E-state index in [1.165, 1.54) is 18.9 Å². The van der Waals surface area contributed by atoms with Gasteiger partial charge in [-0.15, -0.1) is 0 Å². The van der Waals surface area contributed by atoms with E-state index >= 15 is 0 Å². The number of methoxy groups -OCH3 is 1. The zero-order valence-corrected chi connectivity index (χ0v) is 15.9. The zero-order valence-electron chi connectivity index (χ0n) is 13.8. The molecule has 0 heterocycles. The lowest BCUT2D eigenvalue weighted by Crippen LogP contribution is -2.20. The van der Waals surface area contributed by atoms with Gasteiger partial charge in [-0.3, -0.25) is 4.79 Å². The molecule has 0 atom stereocenters. The Morgan fingerprint density at radius 2 is 2.08 bits per heavy atom. The molecule has 24 heavy (non-hydrogen) atoms. The van der Waals surface area contributed by atoms with E-state index in [0.29, 0.717) is 9.32 Å². The molecule has 0 saturated heterocycles. The summed E-state index contributed by atoms with van der Waals surface area (Å²) >= 11 is 2.01. The number of ether oxygens (including phenoxy) is 1. The number of carbonyl (C=O) groups is 1. The summed E-state index contributed by atoms with van der Waals surface area (Å²) in [5, 5.41) is 13.8. The summed E-state index contributed by atoms with van der Waals surface area (Å²) in [6.45, 7) is 4.01. The van der Waals surface area contributed by atoms with E-state index in [2.05, 4.69) is 16.6 Å². The second-order valence-electron chi connectivity index (χ2n) is 5.45. The Morgan fingerprint density at radius 1 is 1.33 bits per heavy atom. The summed E-state index contributed by atoms with van der Waals surface area (Å²) in [4.78, 5) is 12.0. The van der Waals surface area contributed by atoms with Crippen LogP contribution in [0.2, 0.25) is 0 Å². The third-order valence-electron chi connectivity index (χ3n) is 3.52. The van der Waals surface area contributed by atoms with Crippen molar-refractivity contribution >= 4 is 34.7 Å². The molecule has 0 unspecified atom stereocenters. The highest BCUT2D eigenvalue weighted by atomic mass is 127. The largest absolute Gasteiger partial charge is 0.504 e. The molecular weight excluding hydrogens is 419 g/mol. The van der Waals surface area contributed by atoms with Gasteiger partial charge in [0.15, 0.2) is 11.5 Å². The molecule has 5 nitrogen and oxygen atoms in total. The van der Waals surface area contributed by atoms with Crippen LogP contribution < -0.4 is 10.2 Å². The number of nitrogens with one attached hydrogen (secondary N) is 1. The molecule has 6 heteroatoms. The molecule has 2 aromatic carbocycles. The Kier molecular flexibility index (Phi) is 6.19. The minimum atomic E-state index is -0.182. The summed E-state index contributed by atoms with van der Waals surface area (Å²) in [6.07, 6.45) is 1.80. The van der Waals surface area contributed by atoms with Gasteiger partial charge in [0, 0.05) is 0 Å². The maximum Gasteiger partial charge on any atom is 0.244 e. The normalized spacial score (nSPS) is 10.8. The van der Waals surface area contributed by atoms with Crippen LogP contribution in [0.4, 0.5) is 0 Å². The fourth-order valence-electron chi connectivity index (χ4n) is 2.26. The van der Waals surface area contributed by atoms with Gasteiger partial charge in [-0.1, -0.05) is 23.8 Å². The number of halogens is 1. The number of hydrogen-bond donors (Lipinski definition) is 2. The number of benzene rings is 2. The van der Waals surface area contributed by atoms with Gasteiger partial charge >= 0.3 is 0 Å². The number of rotatable bonds is 5. The van der Waals surface area contributed by atoms with Crippen molar-refractivity contribution in [1.82, 2.24) is 5.43 Å². The summed E-state index contributed by atoms with van der Waals surface area (Å²) in [5.41, 5.74) is 6.48. The van der Waals surface area contributed by atoms with Gasteiger partial charge in [-0.2, -0.15) is 5.10 Å². The smallest absolute Gasteiger partial charge is 0.244 e. The average Bonchev–Trinajstić information content (AvgIpc) is 2.53. The van der Waals surface area contributed by atoms with E-state index in [1.54, 1.807) is 12.1 Å². The summed E-state index contributed by atoms with van der Waals surface area (Å²) < 4.78 is 5.74. The maximum absolute atomic E-state index is 12.0. The number of amides is 1.